The molecule has 0 aromatic heterocycles. The van der Waals surface area contributed by atoms with Crippen molar-refractivity contribution in [3.63, 3.8) is 0 Å². The van der Waals surface area contributed by atoms with Crippen molar-refractivity contribution >= 4 is 23.0 Å². The molecule has 0 bridgehead atoms. The van der Waals surface area contributed by atoms with Crippen LogP contribution in [0.5, 0.6) is 0 Å². The third-order valence-corrected chi connectivity index (χ3v) is 5.15. The molecule has 0 saturated carbocycles. The molecule has 6 nitrogen and oxygen atoms in total. The number of benzene rings is 2. The second-order valence-corrected chi connectivity index (χ2v) is 6.77. The van der Waals surface area contributed by atoms with Gasteiger partial charge in [-0.1, -0.05) is 30.4 Å². The van der Waals surface area contributed by atoms with Gasteiger partial charge >= 0.3 is 0 Å². The number of carbonyl (C=O) groups is 1. The Labute approximate surface area is 151 Å². The molecule has 1 heterocycles. The highest BCUT2D eigenvalue weighted by molar-refractivity contribution is 5.89. The molecule has 0 unspecified atom stereocenters. The van der Waals surface area contributed by atoms with Crippen LogP contribution >= 0.6 is 0 Å². The Kier molecular flexibility index (Phi) is 3.95. The summed E-state index contributed by atoms with van der Waals surface area (Å²) in [6, 6.07) is 12.6. The molecule has 2 aromatic carbocycles. The van der Waals surface area contributed by atoms with Crippen LogP contribution in [0.2, 0.25) is 0 Å². The van der Waals surface area contributed by atoms with E-state index in [9.17, 15) is 14.9 Å². The SMILES string of the molecule is CC(=O)Nc1ccc2c(c1)[C@H]1C=CC[C@H]1[C@H](c1ccccc1[N+](=O)[O-])N2. The normalized spacial score (nSPS) is 22.9. The van der Waals surface area contributed by atoms with Gasteiger partial charge in [0.2, 0.25) is 5.91 Å². The molecule has 1 aliphatic heterocycles. The number of nitro benzene ring substituents is 1. The highest BCUT2D eigenvalue weighted by atomic mass is 16.6. The summed E-state index contributed by atoms with van der Waals surface area (Å²) in [5.41, 5.74) is 3.70. The number of para-hydroxylation sites is 1. The predicted octanol–water partition coefficient (Wildman–Crippen LogP) is 4.38. The molecule has 0 saturated heterocycles. The fraction of sp³-hybridized carbons (Fsp3) is 0.250. The fourth-order valence-electron chi connectivity index (χ4n) is 4.10. The number of nitro groups is 1. The van der Waals surface area contributed by atoms with E-state index in [4.69, 9.17) is 0 Å². The topological polar surface area (TPSA) is 84.3 Å². The molecule has 6 heteroatoms. The average molecular weight is 349 g/mol. The van der Waals surface area contributed by atoms with Gasteiger partial charge in [0, 0.05) is 30.3 Å². The van der Waals surface area contributed by atoms with Gasteiger partial charge in [0.1, 0.15) is 0 Å². The summed E-state index contributed by atoms with van der Waals surface area (Å²) in [7, 11) is 0. The average Bonchev–Trinajstić information content (AvgIpc) is 3.10. The van der Waals surface area contributed by atoms with Crippen LogP contribution in [0.15, 0.2) is 54.6 Å². The molecule has 0 fully saturated rings. The maximum Gasteiger partial charge on any atom is 0.274 e. The minimum absolute atomic E-state index is 0.106. The van der Waals surface area contributed by atoms with Gasteiger partial charge in [-0.25, -0.2) is 0 Å². The van der Waals surface area contributed by atoms with E-state index in [1.807, 2.05) is 30.3 Å². The summed E-state index contributed by atoms with van der Waals surface area (Å²) in [5.74, 6) is 0.269. The first-order chi connectivity index (χ1) is 12.5. The number of hydrogen-bond donors (Lipinski definition) is 2. The first kappa shape index (κ1) is 16.3. The second-order valence-electron chi connectivity index (χ2n) is 6.77. The van der Waals surface area contributed by atoms with E-state index < -0.39 is 0 Å². The number of carbonyl (C=O) groups excluding carboxylic acids is 1. The molecular weight excluding hydrogens is 330 g/mol. The Balaban J connectivity index is 1.76. The van der Waals surface area contributed by atoms with Gasteiger partial charge in [0.25, 0.3) is 5.69 Å². The van der Waals surface area contributed by atoms with Gasteiger partial charge in [-0.15, -0.1) is 0 Å². The lowest BCUT2D eigenvalue weighted by molar-refractivity contribution is -0.385. The number of fused-ring (bicyclic) bond motifs is 3. The summed E-state index contributed by atoms with van der Waals surface area (Å²) >= 11 is 0. The number of amides is 1. The van der Waals surface area contributed by atoms with Crippen LogP contribution in [-0.2, 0) is 4.79 Å². The summed E-state index contributed by atoms with van der Waals surface area (Å²) in [5, 5.41) is 17.8. The number of nitrogens with one attached hydrogen (secondary N) is 2. The minimum Gasteiger partial charge on any atom is -0.377 e. The lowest BCUT2D eigenvalue weighted by atomic mass is 9.76. The molecular formula is C20H19N3O3. The maximum atomic E-state index is 11.5. The van der Waals surface area contributed by atoms with Crippen LogP contribution in [0.4, 0.5) is 17.1 Å². The summed E-state index contributed by atoms with van der Waals surface area (Å²) in [6.07, 6.45) is 5.17. The predicted molar refractivity (Wildman–Crippen MR) is 100 cm³/mol. The van der Waals surface area contributed by atoms with Crippen LogP contribution in [0.1, 0.15) is 36.4 Å². The van der Waals surface area contributed by atoms with Gasteiger partial charge in [-0.2, -0.15) is 0 Å². The van der Waals surface area contributed by atoms with Crippen molar-refractivity contribution in [2.24, 2.45) is 5.92 Å². The van der Waals surface area contributed by atoms with Crippen molar-refractivity contribution < 1.29 is 9.72 Å². The van der Waals surface area contributed by atoms with E-state index in [1.165, 1.54) is 6.92 Å². The van der Waals surface area contributed by atoms with Crippen molar-refractivity contribution in [2.45, 2.75) is 25.3 Å². The smallest absolute Gasteiger partial charge is 0.274 e. The Hall–Kier alpha value is -3.15. The quantitative estimate of drug-likeness (QED) is 0.489. The summed E-state index contributed by atoms with van der Waals surface area (Å²) in [6.45, 7) is 1.49. The molecule has 132 valence electrons. The number of rotatable bonds is 3. The Morgan fingerprint density at radius 1 is 1.23 bits per heavy atom. The first-order valence-corrected chi connectivity index (χ1v) is 8.62. The van der Waals surface area contributed by atoms with Crippen LogP contribution in [0, 0.1) is 16.0 Å². The molecule has 3 atom stereocenters. The Morgan fingerprint density at radius 3 is 2.81 bits per heavy atom. The molecule has 0 radical (unpaired) electrons. The molecule has 1 aliphatic carbocycles. The van der Waals surface area contributed by atoms with E-state index in [2.05, 4.69) is 22.8 Å². The Bertz CT molecular complexity index is 922. The molecule has 1 amide bonds. The van der Waals surface area contributed by atoms with Crippen molar-refractivity contribution in [2.75, 3.05) is 10.6 Å². The van der Waals surface area contributed by atoms with Crippen molar-refractivity contribution in [1.29, 1.82) is 0 Å². The molecule has 4 rings (SSSR count). The maximum absolute atomic E-state index is 11.5. The van der Waals surface area contributed by atoms with E-state index in [-0.39, 0.29) is 34.4 Å². The van der Waals surface area contributed by atoms with E-state index in [0.29, 0.717) is 5.56 Å². The van der Waals surface area contributed by atoms with Crippen molar-refractivity contribution in [3.05, 3.63) is 75.9 Å². The monoisotopic (exact) mass is 349 g/mol. The van der Waals surface area contributed by atoms with Crippen LogP contribution < -0.4 is 10.6 Å². The van der Waals surface area contributed by atoms with E-state index >= 15 is 0 Å². The lowest BCUT2D eigenvalue weighted by Gasteiger charge is -2.37. The third-order valence-electron chi connectivity index (χ3n) is 5.15. The van der Waals surface area contributed by atoms with Crippen molar-refractivity contribution in [1.82, 2.24) is 0 Å². The van der Waals surface area contributed by atoms with Gasteiger partial charge in [-0.05, 0) is 36.1 Å². The van der Waals surface area contributed by atoms with Gasteiger partial charge in [-0.3, -0.25) is 14.9 Å². The molecule has 26 heavy (non-hydrogen) atoms. The number of hydrogen-bond acceptors (Lipinski definition) is 4. The third kappa shape index (κ3) is 2.73. The standard InChI is InChI=1S/C20H19N3O3/c1-12(24)21-13-9-10-18-17(11-13)14-6-4-7-15(14)20(22-18)16-5-2-3-8-19(16)23(25)26/h2-6,8-11,14-15,20,22H,7H2,1H3,(H,21,24)/t14-,15+,20+/m0/s1. The number of anilines is 2. The zero-order chi connectivity index (χ0) is 18.3. The van der Waals surface area contributed by atoms with Gasteiger partial charge in [0.05, 0.1) is 16.5 Å². The zero-order valence-corrected chi connectivity index (χ0v) is 14.3. The van der Waals surface area contributed by atoms with Gasteiger partial charge < -0.3 is 10.6 Å². The van der Waals surface area contributed by atoms with Gasteiger partial charge in [0.15, 0.2) is 0 Å². The second kappa shape index (κ2) is 6.29. The Morgan fingerprint density at radius 2 is 2.04 bits per heavy atom. The molecule has 2 aliphatic rings. The minimum atomic E-state index is -0.316. The van der Waals surface area contributed by atoms with Crippen LogP contribution in [0.3, 0.4) is 0 Å². The van der Waals surface area contributed by atoms with Crippen LogP contribution in [-0.4, -0.2) is 10.8 Å². The van der Waals surface area contributed by atoms with Crippen LogP contribution in [0.25, 0.3) is 0 Å². The largest absolute Gasteiger partial charge is 0.377 e. The summed E-state index contributed by atoms with van der Waals surface area (Å²) in [4.78, 5) is 22.5. The molecule has 2 N–H and O–H groups in total. The number of nitrogens with zero attached hydrogens (tertiary/aromatic N) is 1. The highest BCUT2D eigenvalue weighted by Gasteiger charge is 2.40. The molecule has 0 spiro atoms. The zero-order valence-electron chi connectivity index (χ0n) is 14.3. The highest BCUT2D eigenvalue weighted by Crippen LogP contribution is 2.51. The van der Waals surface area contributed by atoms with E-state index in [1.54, 1.807) is 12.1 Å². The van der Waals surface area contributed by atoms with E-state index in [0.717, 1.165) is 23.4 Å². The van der Waals surface area contributed by atoms with Crippen molar-refractivity contribution in [3.8, 4) is 0 Å². The summed E-state index contributed by atoms with van der Waals surface area (Å²) < 4.78 is 0. The lowest BCUT2D eigenvalue weighted by Crippen LogP contribution is -2.29. The molecule has 2 aromatic rings. The first-order valence-electron chi connectivity index (χ1n) is 8.62. The number of allylic oxidation sites excluding steroid dienone is 2. The fourth-order valence-corrected chi connectivity index (χ4v) is 4.10.